The molecule has 1 rings (SSSR count). The van der Waals surface area contributed by atoms with Crippen molar-refractivity contribution in [1.82, 2.24) is 0 Å². The van der Waals surface area contributed by atoms with Crippen LogP contribution in [0.4, 0.5) is 5.69 Å². The number of rotatable bonds is 6. The van der Waals surface area contributed by atoms with Gasteiger partial charge in [-0.05, 0) is 30.2 Å². The highest BCUT2D eigenvalue weighted by Crippen LogP contribution is 2.24. The molecule has 0 heterocycles. The molecule has 0 amide bonds. The Morgan fingerprint density at radius 2 is 1.94 bits per heavy atom. The van der Waals surface area contributed by atoms with Gasteiger partial charge in [0.25, 0.3) is 0 Å². The SMILES string of the molecule is COCC(CO)(Nc1ccc(Cl)cc1)C(C)C. The van der Waals surface area contributed by atoms with E-state index in [1.54, 1.807) is 7.11 Å². The Balaban J connectivity index is 2.88. The molecule has 0 aromatic heterocycles. The Kier molecular flexibility index (Phi) is 5.25. The second kappa shape index (κ2) is 6.24. The minimum absolute atomic E-state index is 0.0150. The third-order valence-electron chi connectivity index (χ3n) is 3.03. The molecule has 1 aromatic carbocycles. The highest BCUT2D eigenvalue weighted by molar-refractivity contribution is 6.30. The maximum Gasteiger partial charge on any atom is 0.0860 e. The zero-order valence-corrected chi connectivity index (χ0v) is 11.3. The van der Waals surface area contributed by atoms with Crippen LogP contribution in [0.25, 0.3) is 0 Å². The van der Waals surface area contributed by atoms with Gasteiger partial charge in [-0.15, -0.1) is 0 Å². The number of methoxy groups -OCH3 is 1. The molecule has 0 saturated heterocycles. The number of ether oxygens (including phenoxy) is 1. The Hall–Kier alpha value is -0.770. The molecular weight excluding hydrogens is 238 g/mol. The van der Waals surface area contributed by atoms with Gasteiger partial charge in [0.1, 0.15) is 0 Å². The predicted molar refractivity (Wildman–Crippen MR) is 71.6 cm³/mol. The molecule has 3 nitrogen and oxygen atoms in total. The molecule has 0 saturated carbocycles. The van der Waals surface area contributed by atoms with Crippen molar-refractivity contribution < 1.29 is 9.84 Å². The second-order valence-corrected chi connectivity index (χ2v) is 4.97. The first-order valence-electron chi connectivity index (χ1n) is 5.67. The van der Waals surface area contributed by atoms with Gasteiger partial charge < -0.3 is 15.2 Å². The number of aliphatic hydroxyl groups excluding tert-OH is 1. The van der Waals surface area contributed by atoms with Crippen molar-refractivity contribution >= 4 is 17.3 Å². The van der Waals surface area contributed by atoms with E-state index in [1.165, 1.54) is 0 Å². The summed E-state index contributed by atoms with van der Waals surface area (Å²) in [5, 5.41) is 13.7. The van der Waals surface area contributed by atoms with Crippen molar-refractivity contribution in [3.63, 3.8) is 0 Å². The molecule has 0 bridgehead atoms. The van der Waals surface area contributed by atoms with Crippen LogP contribution in [-0.4, -0.2) is 31.0 Å². The van der Waals surface area contributed by atoms with Crippen LogP contribution in [0.15, 0.2) is 24.3 Å². The van der Waals surface area contributed by atoms with E-state index in [1.807, 2.05) is 24.3 Å². The van der Waals surface area contributed by atoms with Crippen molar-refractivity contribution in [2.75, 3.05) is 25.6 Å². The third-order valence-corrected chi connectivity index (χ3v) is 3.28. The lowest BCUT2D eigenvalue weighted by Crippen LogP contribution is -2.51. The molecular formula is C13H20ClNO2. The van der Waals surface area contributed by atoms with E-state index in [0.29, 0.717) is 11.6 Å². The number of hydrogen-bond donors (Lipinski definition) is 2. The molecule has 1 unspecified atom stereocenters. The highest BCUT2D eigenvalue weighted by Gasteiger charge is 2.33. The summed E-state index contributed by atoms with van der Waals surface area (Å²) in [4.78, 5) is 0. The Labute approximate surface area is 108 Å². The summed E-state index contributed by atoms with van der Waals surface area (Å²) in [6, 6.07) is 7.42. The normalized spacial score (nSPS) is 14.7. The van der Waals surface area contributed by atoms with E-state index in [2.05, 4.69) is 19.2 Å². The second-order valence-electron chi connectivity index (χ2n) is 4.53. The van der Waals surface area contributed by atoms with Crippen molar-refractivity contribution in [1.29, 1.82) is 0 Å². The van der Waals surface area contributed by atoms with Gasteiger partial charge in [0.2, 0.25) is 0 Å². The zero-order chi connectivity index (χ0) is 12.9. The Bertz CT molecular complexity index is 340. The quantitative estimate of drug-likeness (QED) is 0.824. The van der Waals surface area contributed by atoms with E-state index in [9.17, 15) is 5.11 Å². The Morgan fingerprint density at radius 1 is 1.35 bits per heavy atom. The summed E-state index contributed by atoms with van der Waals surface area (Å²) >= 11 is 5.84. The molecule has 0 aliphatic heterocycles. The van der Waals surface area contributed by atoms with Crippen LogP contribution in [0.2, 0.25) is 5.02 Å². The Morgan fingerprint density at radius 3 is 2.35 bits per heavy atom. The van der Waals surface area contributed by atoms with Crippen LogP contribution in [0.3, 0.4) is 0 Å². The fraction of sp³-hybridized carbons (Fsp3) is 0.538. The van der Waals surface area contributed by atoms with E-state index >= 15 is 0 Å². The van der Waals surface area contributed by atoms with Gasteiger partial charge >= 0.3 is 0 Å². The summed E-state index contributed by atoms with van der Waals surface area (Å²) in [6.45, 7) is 4.57. The standard InChI is InChI=1S/C13H20ClNO2/c1-10(2)13(8-16,9-17-3)15-12-6-4-11(14)5-7-12/h4-7,10,15-16H,8-9H2,1-3H3. The molecule has 0 aliphatic rings. The lowest BCUT2D eigenvalue weighted by Gasteiger charge is -2.37. The van der Waals surface area contributed by atoms with Gasteiger partial charge in [-0.1, -0.05) is 25.4 Å². The molecule has 4 heteroatoms. The molecule has 0 radical (unpaired) electrons. The first kappa shape index (κ1) is 14.3. The number of hydrogen-bond acceptors (Lipinski definition) is 3. The topological polar surface area (TPSA) is 41.5 Å². The number of benzene rings is 1. The summed E-state index contributed by atoms with van der Waals surface area (Å²) in [7, 11) is 1.64. The number of halogens is 1. The minimum atomic E-state index is -0.470. The molecule has 96 valence electrons. The first-order valence-corrected chi connectivity index (χ1v) is 6.05. The lowest BCUT2D eigenvalue weighted by atomic mass is 9.87. The summed E-state index contributed by atoms with van der Waals surface area (Å²) in [5.41, 5.74) is 0.456. The number of aliphatic hydroxyl groups is 1. The van der Waals surface area contributed by atoms with E-state index in [0.717, 1.165) is 5.69 Å². The van der Waals surface area contributed by atoms with Gasteiger partial charge in [0.05, 0.1) is 18.8 Å². The van der Waals surface area contributed by atoms with Crippen molar-refractivity contribution in [2.24, 2.45) is 5.92 Å². The van der Waals surface area contributed by atoms with Crippen LogP contribution >= 0.6 is 11.6 Å². The van der Waals surface area contributed by atoms with Gasteiger partial charge in [0.15, 0.2) is 0 Å². The minimum Gasteiger partial charge on any atom is -0.394 e. The van der Waals surface area contributed by atoms with Crippen molar-refractivity contribution in [3.05, 3.63) is 29.3 Å². The monoisotopic (exact) mass is 257 g/mol. The van der Waals surface area contributed by atoms with Crippen molar-refractivity contribution in [3.8, 4) is 0 Å². The van der Waals surface area contributed by atoms with E-state index in [4.69, 9.17) is 16.3 Å². The first-order chi connectivity index (χ1) is 8.04. The fourth-order valence-corrected chi connectivity index (χ4v) is 1.82. The number of nitrogens with one attached hydrogen (secondary N) is 1. The summed E-state index contributed by atoms with van der Waals surface area (Å²) in [6.07, 6.45) is 0. The van der Waals surface area contributed by atoms with Crippen LogP contribution in [-0.2, 0) is 4.74 Å². The molecule has 1 aromatic rings. The molecule has 0 aliphatic carbocycles. The van der Waals surface area contributed by atoms with E-state index in [-0.39, 0.29) is 12.5 Å². The lowest BCUT2D eigenvalue weighted by molar-refractivity contribution is 0.0724. The maximum absolute atomic E-state index is 9.63. The molecule has 0 spiro atoms. The van der Waals surface area contributed by atoms with Crippen LogP contribution in [0.5, 0.6) is 0 Å². The largest absolute Gasteiger partial charge is 0.394 e. The molecule has 17 heavy (non-hydrogen) atoms. The van der Waals surface area contributed by atoms with Gasteiger partial charge in [-0.25, -0.2) is 0 Å². The predicted octanol–water partition coefficient (Wildman–Crippen LogP) is 2.79. The smallest absolute Gasteiger partial charge is 0.0860 e. The average molecular weight is 258 g/mol. The van der Waals surface area contributed by atoms with Crippen LogP contribution < -0.4 is 5.32 Å². The zero-order valence-electron chi connectivity index (χ0n) is 10.5. The molecule has 0 fully saturated rings. The summed E-state index contributed by atoms with van der Waals surface area (Å²) in [5.74, 6) is 0.239. The molecule has 1 atom stereocenters. The summed E-state index contributed by atoms with van der Waals surface area (Å²) < 4.78 is 5.21. The van der Waals surface area contributed by atoms with Crippen LogP contribution in [0.1, 0.15) is 13.8 Å². The average Bonchev–Trinajstić information content (AvgIpc) is 2.31. The van der Waals surface area contributed by atoms with E-state index < -0.39 is 5.54 Å². The molecule has 2 N–H and O–H groups in total. The van der Waals surface area contributed by atoms with Gasteiger partial charge in [0, 0.05) is 17.8 Å². The van der Waals surface area contributed by atoms with Crippen molar-refractivity contribution in [2.45, 2.75) is 19.4 Å². The highest BCUT2D eigenvalue weighted by atomic mass is 35.5. The van der Waals surface area contributed by atoms with Gasteiger partial charge in [-0.2, -0.15) is 0 Å². The number of anilines is 1. The maximum atomic E-state index is 9.63. The fourth-order valence-electron chi connectivity index (χ4n) is 1.69. The third kappa shape index (κ3) is 3.60. The van der Waals surface area contributed by atoms with Gasteiger partial charge in [-0.3, -0.25) is 0 Å². The van der Waals surface area contributed by atoms with Crippen LogP contribution in [0, 0.1) is 5.92 Å².